The van der Waals surface area contributed by atoms with Crippen LogP contribution in [-0.4, -0.2) is 32.4 Å². The number of hydrogen-bond donors (Lipinski definition) is 1. The summed E-state index contributed by atoms with van der Waals surface area (Å²) in [6.07, 6.45) is 7.02. The Hall–Kier alpha value is -1.56. The number of nitrogens with zero attached hydrogens (tertiary/aromatic N) is 4. The highest BCUT2D eigenvalue weighted by Crippen LogP contribution is 2.25. The van der Waals surface area contributed by atoms with Crippen LogP contribution in [-0.2, 0) is 6.54 Å². The Morgan fingerprint density at radius 1 is 1.22 bits per heavy atom. The molecule has 1 aliphatic rings. The molecule has 0 aliphatic carbocycles. The van der Waals surface area contributed by atoms with Gasteiger partial charge in [-0.2, -0.15) is 0 Å². The van der Waals surface area contributed by atoms with E-state index < -0.39 is 0 Å². The van der Waals surface area contributed by atoms with Gasteiger partial charge in [-0.1, -0.05) is 6.07 Å². The van der Waals surface area contributed by atoms with Crippen molar-refractivity contribution in [2.75, 3.05) is 13.1 Å². The fraction of sp³-hybridized carbons (Fsp3) is 0.375. The van der Waals surface area contributed by atoms with Crippen LogP contribution >= 0.6 is 24.8 Å². The van der Waals surface area contributed by atoms with Crippen LogP contribution in [0.4, 0.5) is 0 Å². The molecule has 1 atom stereocenters. The summed E-state index contributed by atoms with van der Waals surface area (Å²) in [5.41, 5.74) is 3.74. The van der Waals surface area contributed by atoms with Gasteiger partial charge >= 0.3 is 0 Å². The third-order valence-corrected chi connectivity index (χ3v) is 4.40. The lowest BCUT2D eigenvalue weighted by molar-refractivity contribution is 0.491. The van der Waals surface area contributed by atoms with Gasteiger partial charge in [-0.05, 0) is 50.0 Å². The summed E-state index contributed by atoms with van der Waals surface area (Å²) in [6.45, 7) is 5.55. The Morgan fingerprint density at radius 2 is 2.00 bits per heavy atom. The first-order valence-electron chi connectivity index (χ1n) is 7.46. The lowest BCUT2D eigenvalue weighted by Crippen LogP contribution is -2.14. The first-order chi connectivity index (χ1) is 10.3. The van der Waals surface area contributed by atoms with Gasteiger partial charge in [0.2, 0.25) is 0 Å². The van der Waals surface area contributed by atoms with Gasteiger partial charge in [0.15, 0.2) is 0 Å². The second-order valence-electron chi connectivity index (χ2n) is 5.89. The van der Waals surface area contributed by atoms with Gasteiger partial charge in [-0.25, -0.2) is 0 Å². The molecule has 0 saturated carbocycles. The van der Waals surface area contributed by atoms with Crippen LogP contribution in [0, 0.1) is 12.8 Å². The molecule has 1 fully saturated rings. The molecule has 0 radical (unpaired) electrons. The van der Waals surface area contributed by atoms with Gasteiger partial charge < -0.3 is 9.88 Å². The number of halogens is 2. The third kappa shape index (κ3) is 3.37. The summed E-state index contributed by atoms with van der Waals surface area (Å²) in [7, 11) is 0. The molecule has 1 N–H and O–H groups in total. The normalized spacial score (nSPS) is 17.0. The van der Waals surface area contributed by atoms with Crippen LogP contribution in [0.3, 0.4) is 0 Å². The third-order valence-electron chi connectivity index (χ3n) is 4.40. The lowest BCUT2D eigenvalue weighted by atomic mass is 10.1. The van der Waals surface area contributed by atoms with E-state index in [2.05, 4.69) is 51.4 Å². The van der Waals surface area contributed by atoms with Crippen molar-refractivity contribution >= 4 is 35.7 Å². The van der Waals surface area contributed by atoms with Gasteiger partial charge in [0.25, 0.3) is 0 Å². The van der Waals surface area contributed by atoms with Crippen molar-refractivity contribution in [3.63, 3.8) is 0 Å². The van der Waals surface area contributed by atoms with Gasteiger partial charge in [0, 0.05) is 18.1 Å². The number of hydrogen-bond acceptors (Lipinski definition) is 3. The molecule has 23 heavy (non-hydrogen) atoms. The summed E-state index contributed by atoms with van der Waals surface area (Å²) in [4.78, 5) is 0. The number of aryl methyl sites for hydroxylation is 1. The highest BCUT2D eigenvalue weighted by molar-refractivity contribution is 5.86. The van der Waals surface area contributed by atoms with Crippen molar-refractivity contribution in [2.24, 2.45) is 5.92 Å². The molecule has 2 aromatic heterocycles. The van der Waals surface area contributed by atoms with Gasteiger partial charge in [0.1, 0.15) is 12.7 Å². The summed E-state index contributed by atoms with van der Waals surface area (Å²) >= 11 is 0. The standard InChI is InChI=1S/C16H19N5.2ClH/c1-12-8-20(9-13-4-5-17-7-13)16-6-14(2-3-15(12)16)21-10-18-19-11-21;;/h2-3,6,8,10-11,13,17H,4-5,7,9H2,1H3;2*1H. The minimum Gasteiger partial charge on any atom is -0.347 e. The second-order valence-corrected chi connectivity index (χ2v) is 5.89. The average Bonchev–Trinajstić information content (AvgIpc) is 3.22. The highest BCUT2D eigenvalue weighted by Gasteiger charge is 2.16. The molecule has 124 valence electrons. The van der Waals surface area contributed by atoms with Crippen LogP contribution in [0.2, 0.25) is 0 Å². The smallest absolute Gasteiger partial charge is 0.123 e. The maximum absolute atomic E-state index is 3.89. The van der Waals surface area contributed by atoms with Crippen molar-refractivity contribution < 1.29 is 0 Å². The zero-order valence-electron chi connectivity index (χ0n) is 13.0. The largest absolute Gasteiger partial charge is 0.347 e. The molecule has 1 saturated heterocycles. The predicted molar refractivity (Wildman–Crippen MR) is 97.1 cm³/mol. The minimum absolute atomic E-state index is 0. The average molecular weight is 354 g/mol. The fourth-order valence-electron chi connectivity index (χ4n) is 3.26. The SMILES string of the molecule is Cc1cn(CC2CCNC2)c2cc(-n3cnnc3)ccc12.Cl.Cl. The summed E-state index contributed by atoms with van der Waals surface area (Å²) < 4.78 is 4.35. The van der Waals surface area contributed by atoms with Crippen molar-refractivity contribution in [2.45, 2.75) is 19.9 Å². The van der Waals surface area contributed by atoms with Crippen LogP contribution < -0.4 is 5.32 Å². The quantitative estimate of drug-likeness (QED) is 0.787. The molecular formula is C16H21Cl2N5. The molecule has 1 aromatic carbocycles. The van der Waals surface area contributed by atoms with E-state index in [-0.39, 0.29) is 24.8 Å². The Kier molecular flexibility index (Phi) is 5.68. The highest BCUT2D eigenvalue weighted by atomic mass is 35.5. The van der Waals surface area contributed by atoms with E-state index in [1.165, 1.54) is 22.9 Å². The molecule has 0 amide bonds. The molecule has 3 heterocycles. The van der Waals surface area contributed by atoms with Crippen LogP contribution in [0.1, 0.15) is 12.0 Å². The van der Waals surface area contributed by atoms with E-state index in [4.69, 9.17) is 0 Å². The summed E-state index contributed by atoms with van der Waals surface area (Å²) in [5, 5.41) is 12.6. The van der Waals surface area contributed by atoms with Crippen LogP contribution in [0.15, 0.2) is 37.1 Å². The fourth-order valence-corrected chi connectivity index (χ4v) is 3.26. The van der Waals surface area contributed by atoms with Crippen molar-refractivity contribution in [1.29, 1.82) is 0 Å². The summed E-state index contributed by atoms with van der Waals surface area (Å²) in [5.74, 6) is 0.735. The lowest BCUT2D eigenvalue weighted by Gasteiger charge is -2.11. The van der Waals surface area contributed by atoms with Crippen LogP contribution in [0.25, 0.3) is 16.6 Å². The first kappa shape index (κ1) is 17.8. The molecule has 1 unspecified atom stereocenters. The maximum Gasteiger partial charge on any atom is 0.123 e. The second kappa shape index (κ2) is 7.34. The van der Waals surface area contributed by atoms with E-state index >= 15 is 0 Å². The minimum atomic E-state index is 0. The predicted octanol–water partition coefficient (Wildman–Crippen LogP) is 2.98. The zero-order valence-corrected chi connectivity index (χ0v) is 14.6. The molecule has 0 bridgehead atoms. The topological polar surface area (TPSA) is 47.7 Å². The van der Waals surface area contributed by atoms with Gasteiger partial charge in [0.05, 0.1) is 11.2 Å². The Labute approximate surface area is 147 Å². The number of aromatic nitrogens is 4. The van der Waals surface area contributed by atoms with Gasteiger partial charge in [-0.3, -0.25) is 4.57 Å². The Bertz CT molecular complexity index is 760. The molecule has 4 rings (SSSR count). The summed E-state index contributed by atoms with van der Waals surface area (Å²) in [6, 6.07) is 6.55. The van der Waals surface area contributed by atoms with Crippen molar-refractivity contribution in [1.82, 2.24) is 24.6 Å². The molecular weight excluding hydrogens is 333 g/mol. The van der Waals surface area contributed by atoms with Crippen molar-refractivity contribution in [3.8, 4) is 5.69 Å². The van der Waals surface area contributed by atoms with E-state index in [1.54, 1.807) is 12.7 Å². The molecule has 1 aliphatic heterocycles. The monoisotopic (exact) mass is 353 g/mol. The van der Waals surface area contributed by atoms with Crippen LogP contribution in [0.5, 0.6) is 0 Å². The van der Waals surface area contributed by atoms with E-state index in [0.29, 0.717) is 0 Å². The zero-order chi connectivity index (χ0) is 14.2. The molecule has 0 spiro atoms. The van der Waals surface area contributed by atoms with Crippen molar-refractivity contribution in [3.05, 3.63) is 42.6 Å². The number of nitrogens with one attached hydrogen (secondary N) is 1. The number of rotatable bonds is 3. The van der Waals surface area contributed by atoms with E-state index in [1.807, 2.05) is 4.57 Å². The molecule has 5 nitrogen and oxygen atoms in total. The van der Waals surface area contributed by atoms with E-state index in [9.17, 15) is 0 Å². The van der Waals surface area contributed by atoms with Gasteiger partial charge in [-0.15, -0.1) is 35.0 Å². The first-order valence-corrected chi connectivity index (χ1v) is 7.46. The Morgan fingerprint density at radius 3 is 2.70 bits per heavy atom. The number of benzene rings is 1. The molecule has 7 heteroatoms. The molecule has 3 aromatic rings. The number of fused-ring (bicyclic) bond motifs is 1. The van der Waals surface area contributed by atoms with E-state index in [0.717, 1.165) is 31.2 Å². The Balaban J connectivity index is 0.000000960. The maximum atomic E-state index is 3.89.